The normalized spacial score (nSPS) is 11.6. The number of hydrogen-bond donors (Lipinski definition) is 0. The van der Waals surface area contributed by atoms with Crippen LogP contribution in [0.4, 0.5) is 17.6 Å². The van der Waals surface area contributed by atoms with Crippen LogP contribution in [0.25, 0.3) is 0 Å². The highest BCUT2D eigenvalue weighted by Gasteiger charge is 2.32. The highest BCUT2D eigenvalue weighted by atomic mass is 79.9. The molecule has 0 atom stereocenters. The fraction of sp³-hybridized carbons (Fsp3) is 0.143. The topological polar surface area (TPSA) is 9.23 Å². The van der Waals surface area contributed by atoms with Crippen molar-refractivity contribution in [3.8, 4) is 5.75 Å². The van der Waals surface area contributed by atoms with Crippen molar-refractivity contribution in [2.45, 2.75) is 6.36 Å². The Balaban J connectivity index is 3.06. The number of alkyl halides is 3. The van der Waals surface area contributed by atoms with E-state index in [1.165, 1.54) is 6.07 Å². The second kappa shape index (κ2) is 4.06. The SMILES string of the molecule is Fc1c(OC(F)(F)F)ccc(Br)c1Br. The van der Waals surface area contributed by atoms with Crippen molar-refractivity contribution < 1.29 is 22.3 Å². The lowest BCUT2D eigenvalue weighted by Crippen LogP contribution is -2.18. The number of benzene rings is 1. The minimum Gasteiger partial charge on any atom is -0.403 e. The highest BCUT2D eigenvalue weighted by molar-refractivity contribution is 9.13. The number of hydrogen-bond acceptors (Lipinski definition) is 1. The van der Waals surface area contributed by atoms with Crippen molar-refractivity contribution in [1.29, 1.82) is 0 Å². The lowest BCUT2D eigenvalue weighted by molar-refractivity contribution is -0.275. The van der Waals surface area contributed by atoms with Gasteiger partial charge in [-0.3, -0.25) is 0 Å². The molecule has 0 radical (unpaired) electrons. The quantitative estimate of drug-likeness (QED) is 0.550. The van der Waals surface area contributed by atoms with E-state index in [1.54, 1.807) is 0 Å². The molecule has 0 amide bonds. The van der Waals surface area contributed by atoms with Gasteiger partial charge in [-0.1, -0.05) is 0 Å². The molecule has 0 aromatic heterocycles. The summed E-state index contributed by atoms with van der Waals surface area (Å²) in [6, 6.07) is 2.13. The monoisotopic (exact) mass is 336 g/mol. The molecule has 14 heavy (non-hydrogen) atoms. The predicted octanol–water partition coefficient (Wildman–Crippen LogP) is 4.25. The minimum absolute atomic E-state index is 0.112. The van der Waals surface area contributed by atoms with E-state index in [0.717, 1.165) is 6.07 Å². The molecule has 1 aromatic carbocycles. The third-order valence-corrected chi connectivity index (χ3v) is 3.19. The zero-order valence-corrected chi connectivity index (χ0v) is 9.50. The van der Waals surface area contributed by atoms with Crippen molar-refractivity contribution >= 4 is 31.9 Å². The Kier molecular flexibility index (Phi) is 3.41. The summed E-state index contributed by atoms with van der Waals surface area (Å²) in [4.78, 5) is 0. The van der Waals surface area contributed by atoms with Gasteiger partial charge in [0.2, 0.25) is 0 Å². The largest absolute Gasteiger partial charge is 0.573 e. The molecule has 1 nitrogen and oxygen atoms in total. The van der Waals surface area contributed by atoms with E-state index in [9.17, 15) is 17.6 Å². The average molecular weight is 338 g/mol. The summed E-state index contributed by atoms with van der Waals surface area (Å²) < 4.78 is 51.9. The summed E-state index contributed by atoms with van der Waals surface area (Å²) in [7, 11) is 0. The van der Waals surface area contributed by atoms with Gasteiger partial charge < -0.3 is 4.74 Å². The Morgan fingerprint density at radius 2 is 1.71 bits per heavy atom. The Morgan fingerprint density at radius 1 is 1.14 bits per heavy atom. The molecule has 0 saturated carbocycles. The van der Waals surface area contributed by atoms with Gasteiger partial charge in [0.25, 0.3) is 0 Å². The first kappa shape index (κ1) is 11.8. The molecule has 0 aliphatic rings. The fourth-order valence-corrected chi connectivity index (χ4v) is 1.35. The van der Waals surface area contributed by atoms with E-state index in [1.807, 2.05) is 0 Å². The number of halogens is 6. The van der Waals surface area contributed by atoms with Crippen LogP contribution in [0.3, 0.4) is 0 Å². The smallest absolute Gasteiger partial charge is 0.403 e. The zero-order valence-electron chi connectivity index (χ0n) is 6.33. The van der Waals surface area contributed by atoms with E-state index >= 15 is 0 Å². The highest BCUT2D eigenvalue weighted by Crippen LogP contribution is 2.34. The Bertz CT molecular complexity index is 350. The van der Waals surface area contributed by atoms with Crippen molar-refractivity contribution in [3.63, 3.8) is 0 Å². The average Bonchev–Trinajstić information content (AvgIpc) is 2.04. The van der Waals surface area contributed by atoms with Crippen molar-refractivity contribution in [1.82, 2.24) is 0 Å². The van der Waals surface area contributed by atoms with Crippen LogP contribution in [-0.2, 0) is 0 Å². The molecule has 0 spiro atoms. The van der Waals surface area contributed by atoms with Gasteiger partial charge in [-0.15, -0.1) is 13.2 Å². The van der Waals surface area contributed by atoms with Gasteiger partial charge in [0, 0.05) is 4.47 Å². The van der Waals surface area contributed by atoms with Gasteiger partial charge >= 0.3 is 6.36 Å². The molecule has 0 saturated heterocycles. The molecule has 7 heteroatoms. The molecule has 78 valence electrons. The van der Waals surface area contributed by atoms with Crippen LogP contribution in [0.5, 0.6) is 5.75 Å². The van der Waals surface area contributed by atoms with E-state index < -0.39 is 17.9 Å². The molecule has 1 rings (SSSR count). The molecule has 0 aliphatic carbocycles. The summed E-state index contributed by atoms with van der Waals surface area (Å²) in [6.45, 7) is 0. The van der Waals surface area contributed by atoms with Crippen LogP contribution in [0, 0.1) is 5.82 Å². The second-order valence-electron chi connectivity index (χ2n) is 2.22. The van der Waals surface area contributed by atoms with Gasteiger partial charge in [0.15, 0.2) is 11.6 Å². The molecule has 0 N–H and O–H groups in total. The molecule has 0 heterocycles. The van der Waals surface area contributed by atoms with Gasteiger partial charge in [-0.05, 0) is 44.0 Å². The third-order valence-electron chi connectivity index (χ3n) is 1.23. The first-order valence-corrected chi connectivity index (χ1v) is 4.79. The van der Waals surface area contributed by atoms with Crippen molar-refractivity contribution in [2.75, 3.05) is 0 Å². The number of ether oxygens (including phenoxy) is 1. The molecule has 0 aliphatic heterocycles. The van der Waals surface area contributed by atoms with E-state index in [2.05, 4.69) is 36.6 Å². The van der Waals surface area contributed by atoms with E-state index in [4.69, 9.17) is 0 Å². The number of rotatable bonds is 1. The molecule has 0 fully saturated rings. The van der Waals surface area contributed by atoms with Crippen LogP contribution in [0.1, 0.15) is 0 Å². The van der Waals surface area contributed by atoms with Crippen molar-refractivity contribution in [3.05, 3.63) is 26.9 Å². The summed E-state index contributed by atoms with van der Waals surface area (Å²) >= 11 is 5.70. The van der Waals surface area contributed by atoms with Gasteiger partial charge in [0.1, 0.15) is 0 Å². The van der Waals surface area contributed by atoms with Crippen LogP contribution in [0.15, 0.2) is 21.1 Å². The van der Waals surface area contributed by atoms with Crippen LogP contribution < -0.4 is 4.74 Å². The Morgan fingerprint density at radius 3 is 2.21 bits per heavy atom. The summed E-state index contributed by atoms with van der Waals surface area (Å²) in [5.74, 6) is -1.97. The second-order valence-corrected chi connectivity index (χ2v) is 3.87. The Hall–Kier alpha value is -0.300. The van der Waals surface area contributed by atoms with E-state index in [0.29, 0.717) is 4.47 Å². The van der Waals surface area contributed by atoms with E-state index in [-0.39, 0.29) is 4.47 Å². The molecule has 0 unspecified atom stereocenters. The lowest BCUT2D eigenvalue weighted by atomic mass is 10.3. The van der Waals surface area contributed by atoms with Crippen LogP contribution in [0.2, 0.25) is 0 Å². The molecule has 1 aromatic rings. The minimum atomic E-state index is -4.89. The summed E-state index contributed by atoms with van der Waals surface area (Å²) in [5, 5.41) is 0. The van der Waals surface area contributed by atoms with Crippen molar-refractivity contribution in [2.24, 2.45) is 0 Å². The predicted molar refractivity (Wildman–Crippen MR) is 48.5 cm³/mol. The van der Waals surface area contributed by atoms with Gasteiger partial charge in [0.05, 0.1) is 4.47 Å². The van der Waals surface area contributed by atoms with Gasteiger partial charge in [-0.2, -0.15) is 0 Å². The molecule has 0 bridgehead atoms. The molecular weight excluding hydrogens is 336 g/mol. The first-order chi connectivity index (χ1) is 6.31. The molecular formula is C7H2Br2F4O. The maximum atomic E-state index is 13.1. The fourth-order valence-electron chi connectivity index (χ4n) is 0.712. The Labute approximate surface area is 93.3 Å². The zero-order chi connectivity index (χ0) is 10.9. The lowest BCUT2D eigenvalue weighted by Gasteiger charge is -2.10. The maximum Gasteiger partial charge on any atom is 0.573 e. The standard InChI is InChI=1S/C7H2Br2F4O/c8-3-1-2-4(6(10)5(3)9)14-7(11,12)13/h1-2H. The van der Waals surface area contributed by atoms with Gasteiger partial charge in [-0.25, -0.2) is 4.39 Å². The van der Waals surface area contributed by atoms with Crippen LogP contribution in [-0.4, -0.2) is 6.36 Å². The first-order valence-electron chi connectivity index (χ1n) is 3.20. The van der Waals surface area contributed by atoms with Crippen LogP contribution >= 0.6 is 31.9 Å². The maximum absolute atomic E-state index is 13.1. The summed E-state index contributed by atoms with van der Waals surface area (Å²) in [5.41, 5.74) is 0. The third kappa shape index (κ3) is 2.84. The summed E-state index contributed by atoms with van der Waals surface area (Å²) in [6.07, 6.45) is -4.89.